The van der Waals surface area contributed by atoms with Gasteiger partial charge in [0.1, 0.15) is 6.10 Å². The molecule has 0 saturated heterocycles. The molecule has 1 aromatic heterocycles. The van der Waals surface area contributed by atoms with Crippen LogP contribution in [0.4, 0.5) is 0 Å². The Hall–Kier alpha value is -0.490. The van der Waals surface area contributed by atoms with Crippen LogP contribution in [-0.2, 0) is 4.74 Å². The second-order valence-corrected chi connectivity index (χ2v) is 3.30. The number of hydrogen-bond donors (Lipinski definition) is 2. The van der Waals surface area contributed by atoms with E-state index in [-0.39, 0.29) is 12.7 Å². The maximum absolute atomic E-state index is 8.56. The van der Waals surface area contributed by atoms with E-state index in [9.17, 15) is 0 Å². The van der Waals surface area contributed by atoms with Crippen molar-refractivity contribution >= 4 is 11.3 Å². The van der Waals surface area contributed by atoms with Gasteiger partial charge in [0, 0.05) is 25.1 Å². The Kier molecular flexibility index (Phi) is 4.92. The highest BCUT2D eigenvalue weighted by Gasteiger charge is 2.11. The molecule has 1 aromatic rings. The van der Waals surface area contributed by atoms with Crippen LogP contribution in [-0.4, -0.2) is 29.8 Å². The van der Waals surface area contributed by atoms with Crippen molar-refractivity contribution in [1.82, 2.24) is 4.98 Å². The van der Waals surface area contributed by atoms with Crippen molar-refractivity contribution in [3.8, 4) is 0 Å². The van der Waals surface area contributed by atoms with Gasteiger partial charge in [-0.2, -0.15) is 0 Å². The minimum atomic E-state index is -0.127. The molecule has 1 unspecified atom stereocenters. The highest BCUT2D eigenvalue weighted by molar-refractivity contribution is 7.07. The zero-order chi connectivity index (χ0) is 9.52. The Morgan fingerprint density at radius 1 is 1.69 bits per heavy atom. The van der Waals surface area contributed by atoms with Gasteiger partial charge < -0.3 is 15.6 Å². The van der Waals surface area contributed by atoms with E-state index in [4.69, 9.17) is 15.6 Å². The van der Waals surface area contributed by atoms with Crippen molar-refractivity contribution in [2.45, 2.75) is 12.5 Å². The molecule has 5 heteroatoms. The van der Waals surface area contributed by atoms with Gasteiger partial charge in [-0.25, -0.2) is 4.98 Å². The first-order chi connectivity index (χ1) is 6.38. The average Bonchev–Trinajstić information content (AvgIpc) is 2.65. The second-order valence-electron chi connectivity index (χ2n) is 2.59. The van der Waals surface area contributed by atoms with Crippen molar-refractivity contribution in [3.05, 3.63) is 16.6 Å². The molecule has 0 fully saturated rings. The highest BCUT2D eigenvalue weighted by atomic mass is 32.1. The van der Waals surface area contributed by atoms with Crippen LogP contribution < -0.4 is 5.73 Å². The number of ether oxygens (including phenoxy) is 1. The number of thiazole rings is 1. The fraction of sp³-hybridized carbons (Fsp3) is 0.625. The first-order valence-electron chi connectivity index (χ1n) is 4.19. The summed E-state index contributed by atoms with van der Waals surface area (Å²) in [5, 5.41) is 10.5. The van der Waals surface area contributed by atoms with E-state index < -0.39 is 0 Å². The second kappa shape index (κ2) is 6.04. The number of aliphatic hydroxyl groups is 1. The van der Waals surface area contributed by atoms with Gasteiger partial charge in [-0.05, 0) is 6.42 Å². The van der Waals surface area contributed by atoms with Crippen LogP contribution in [0.1, 0.15) is 18.2 Å². The third-order valence-corrected chi connectivity index (χ3v) is 2.22. The Morgan fingerprint density at radius 2 is 2.54 bits per heavy atom. The first-order valence-corrected chi connectivity index (χ1v) is 5.13. The summed E-state index contributed by atoms with van der Waals surface area (Å²) in [5.74, 6) is 0. The van der Waals surface area contributed by atoms with Crippen molar-refractivity contribution in [2.24, 2.45) is 5.73 Å². The van der Waals surface area contributed by atoms with Crippen molar-refractivity contribution in [3.63, 3.8) is 0 Å². The van der Waals surface area contributed by atoms with Gasteiger partial charge in [-0.15, -0.1) is 11.3 Å². The molecule has 13 heavy (non-hydrogen) atoms. The summed E-state index contributed by atoms with van der Waals surface area (Å²) in [6, 6.07) is 0. The van der Waals surface area contributed by atoms with E-state index in [1.54, 1.807) is 5.51 Å². The van der Waals surface area contributed by atoms with E-state index in [0.29, 0.717) is 19.6 Å². The molecule has 0 radical (unpaired) electrons. The number of rotatable bonds is 6. The molecular weight excluding hydrogens is 188 g/mol. The Balaban J connectivity index is 2.35. The van der Waals surface area contributed by atoms with Gasteiger partial charge in [-0.1, -0.05) is 0 Å². The minimum absolute atomic E-state index is 0.127. The molecule has 0 amide bonds. The van der Waals surface area contributed by atoms with E-state index in [0.717, 1.165) is 5.69 Å². The van der Waals surface area contributed by atoms with Crippen molar-refractivity contribution < 1.29 is 9.84 Å². The molecule has 3 N–H and O–H groups in total. The summed E-state index contributed by atoms with van der Waals surface area (Å²) < 4.78 is 5.44. The SMILES string of the molecule is NCC(OCCCO)c1cscn1. The summed E-state index contributed by atoms with van der Waals surface area (Å²) in [7, 11) is 0. The molecule has 0 aromatic carbocycles. The lowest BCUT2D eigenvalue weighted by Gasteiger charge is -2.12. The van der Waals surface area contributed by atoms with Crippen LogP contribution in [0.2, 0.25) is 0 Å². The molecule has 0 aliphatic rings. The number of hydrogen-bond acceptors (Lipinski definition) is 5. The Labute approximate surface area is 81.4 Å². The number of nitrogens with zero attached hydrogens (tertiary/aromatic N) is 1. The van der Waals surface area contributed by atoms with Crippen LogP contribution in [0.25, 0.3) is 0 Å². The monoisotopic (exact) mass is 202 g/mol. The maximum atomic E-state index is 8.56. The number of aromatic nitrogens is 1. The van der Waals surface area contributed by atoms with Gasteiger partial charge in [0.05, 0.1) is 11.2 Å². The third-order valence-electron chi connectivity index (χ3n) is 1.62. The highest BCUT2D eigenvalue weighted by Crippen LogP contribution is 2.15. The molecule has 1 heterocycles. The van der Waals surface area contributed by atoms with Gasteiger partial charge in [0.25, 0.3) is 0 Å². The van der Waals surface area contributed by atoms with Gasteiger partial charge in [0.15, 0.2) is 0 Å². The lowest BCUT2D eigenvalue weighted by molar-refractivity contribution is 0.0466. The summed E-state index contributed by atoms with van der Waals surface area (Å²) >= 11 is 1.53. The molecule has 0 aliphatic carbocycles. The standard InChI is InChI=1S/C8H14N2O2S/c9-4-8(12-3-1-2-11)7-5-13-6-10-7/h5-6,8,11H,1-4,9H2. The van der Waals surface area contributed by atoms with Gasteiger partial charge >= 0.3 is 0 Å². The summed E-state index contributed by atoms with van der Waals surface area (Å²) in [5.41, 5.74) is 8.16. The smallest absolute Gasteiger partial charge is 0.112 e. The van der Waals surface area contributed by atoms with Gasteiger partial charge in [-0.3, -0.25) is 0 Å². The minimum Gasteiger partial charge on any atom is -0.396 e. The lowest BCUT2D eigenvalue weighted by atomic mass is 10.3. The van der Waals surface area contributed by atoms with Crippen molar-refractivity contribution in [2.75, 3.05) is 19.8 Å². The lowest BCUT2D eigenvalue weighted by Crippen LogP contribution is -2.17. The molecular formula is C8H14N2O2S. The summed E-state index contributed by atoms with van der Waals surface area (Å²) in [4.78, 5) is 4.12. The molecule has 1 atom stereocenters. The summed E-state index contributed by atoms with van der Waals surface area (Å²) in [6.45, 7) is 1.10. The Bertz CT molecular complexity index is 216. The Morgan fingerprint density at radius 3 is 3.08 bits per heavy atom. The normalized spacial score (nSPS) is 13.1. The van der Waals surface area contributed by atoms with E-state index in [1.165, 1.54) is 11.3 Å². The van der Waals surface area contributed by atoms with Crippen LogP contribution in [0.15, 0.2) is 10.9 Å². The molecule has 4 nitrogen and oxygen atoms in total. The largest absolute Gasteiger partial charge is 0.396 e. The fourth-order valence-electron chi connectivity index (χ4n) is 0.945. The van der Waals surface area contributed by atoms with E-state index >= 15 is 0 Å². The number of aliphatic hydroxyl groups excluding tert-OH is 1. The zero-order valence-corrected chi connectivity index (χ0v) is 8.17. The number of nitrogens with two attached hydrogens (primary N) is 1. The van der Waals surface area contributed by atoms with E-state index in [2.05, 4.69) is 4.98 Å². The van der Waals surface area contributed by atoms with E-state index in [1.807, 2.05) is 5.38 Å². The van der Waals surface area contributed by atoms with Crippen LogP contribution in [0, 0.1) is 0 Å². The van der Waals surface area contributed by atoms with Gasteiger partial charge in [0.2, 0.25) is 0 Å². The average molecular weight is 202 g/mol. The first kappa shape index (κ1) is 10.6. The topological polar surface area (TPSA) is 68.4 Å². The molecule has 0 saturated carbocycles. The quantitative estimate of drug-likeness (QED) is 0.661. The molecule has 0 bridgehead atoms. The molecule has 0 aliphatic heterocycles. The van der Waals surface area contributed by atoms with Crippen molar-refractivity contribution in [1.29, 1.82) is 0 Å². The fourth-order valence-corrected chi connectivity index (χ4v) is 1.54. The predicted octanol–water partition coefficient (Wildman–Crippen LogP) is 0.542. The predicted molar refractivity (Wildman–Crippen MR) is 51.6 cm³/mol. The molecule has 0 spiro atoms. The third kappa shape index (κ3) is 3.40. The van der Waals surface area contributed by atoms with Crippen LogP contribution in [0.3, 0.4) is 0 Å². The zero-order valence-electron chi connectivity index (χ0n) is 7.35. The summed E-state index contributed by atoms with van der Waals surface area (Å²) in [6.07, 6.45) is 0.512. The molecule has 74 valence electrons. The van der Waals surface area contributed by atoms with Crippen LogP contribution >= 0.6 is 11.3 Å². The maximum Gasteiger partial charge on any atom is 0.112 e. The van der Waals surface area contributed by atoms with Crippen LogP contribution in [0.5, 0.6) is 0 Å². The molecule has 1 rings (SSSR count).